The van der Waals surface area contributed by atoms with Crippen LogP contribution in [0.1, 0.15) is 57.1 Å². The highest BCUT2D eigenvalue weighted by Crippen LogP contribution is 2.18. The van der Waals surface area contributed by atoms with Crippen molar-refractivity contribution in [2.24, 2.45) is 0 Å². The van der Waals surface area contributed by atoms with E-state index in [4.69, 9.17) is 10.00 Å². The Morgan fingerprint density at radius 3 is 2.77 bits per heavy atom. The van der Waals surface area contributed by atoms with Gasteiger partial charge in [-0.3, -0.25) is 9.36 Å². The zero-order valence-corrected chi connectivity index (χ0v) is 13.8. The molecule has 0 radical (unpaired) electrons. The number of unbranched alkanes of at least 4 members (excludes halogenated alkanes) is 3. The number of ether oxygens (including phenoxy) is 1. The number of pyridine rings is 1. The van der Waals surface area contributed by atoms with Crippen molar-refractivity contribution in [3.05, 3.63) is 27.5 Å². The first-order chi connectivity index (χ1) is 10.5. The van der Waals surface area contributed by atoms with Crippen molar-refractivity contribution in [1.29, 1.82) is 5.26 Å². The number of aromatic hydroxyl groups is 1. The second-order valence-electron chi connectivity index (χ2n) is 5.66. The van der Waals surface area contributed by atoms with Gasteiger partial charge in [0.05, 0.1) is 6.10 Å². The lowest BCUT2D eigenvalue weighted by molar-refractivity contribution is 0.0541. The molecule has 1 rings (SSSR count). The largest absolute Gasteiger partial charge is 0.493 e. The molecule has 1 unspecified atom stereocenters. The molecule has 0 spiro atoms. The van der Waals surface area contributed by atoms with E-state index in [0.717, 1.165) is 13.0 Å². The van der Waals surface area contributed by atoms with Crippen LogP contribution in [0.2, 0.25) is 0 Å². The second kappa shape index (κ2) is 9.26. The van der Waals surface area contributed by atoms with Crippen LogP contribution < -0.4 is 5.56 Å². The van der Waals surface area contributed by atoms with Gasteiger partial charge in [0, 0.05) is 19.2 Å². The molecule has 0 aliphatic heterocycles. The summed E-state index contributed by atoms with van der Waals surface area (Å²) in [5.74, 6) is -0.248. The summed E-state index contributed by atoms with van der Waals surface area (Å²) >= 11 is 0. The number of hydrogen-bond acceptors (Lipinski definition) is 4. The minimum Gasteiger partial charge on any atom is -0.493 e. The van der Waals surface area contributed by atoms with E-state index in [1.807, 2.05) is 13.0 Å². The molecule has 5 heteroatoms. The molecular weight excluding hydrogens is 280 g/mol. The van der Waals surface area contributed by atoms with E-state index >= 15 is 0 Å². The van der Waals surface area contributed by atoms with Gasteiger partial charge in [0.25, 0.3) is 5.56 Å². The van der Waals surface area contributed by atoms with Crippen LogP contribution in [0.3, 0.4) is 0 Å². The van der Waals surface area contributed by atoms with Gasteiger partial charge in [0.15, 0.2) is 0 Å². The summed E-state index contributed by atoms with van der Waals surface area (Å²) in [5, 5.41) is 19.1. The van der Waals surface area contributed by atoms with Gasteiger partial charge >= 0.3 is 0 Å². The van der Waals surface area contributed by atoms with Crippen molar-refractivity contribution in [3.63, 3.8) is 0 Å². The van der Waals surface area contributed by atoms with Crippen molar-refractivity contribution in [1.82, 2.24) is 4.57 Å². The first kappa shape index (κ1) is 18.2. The van der Waals surface area contributed by atoms with E-state index in [0.29, 0.717) is 18.5 Å². The molecule has 0 bridgehead atoms. The molecule has 1 aromatic heterocycles. The van der Waals surface area contributed by atoms with E-state index in [1.54, 1.807) is 6.92 Å². The van der Waals surface area contributed by atoms with Crippen LogP contribution in [0, 0.1) is 18.3 Å². The number of nitrogens with zero attached hydrogens (tertiary/aromatic N) is 2. The number of aromatic nitrogens is 1. The molecule has 1 heterocycles. The zero-order chi connectivity index (χ0) is 16.5. The third-order valence-corrected chi connectivity index (χ3v) is 3.75. The molecule has 22 heavy (non-hydrogen) atoms. The average Bonchev–Trinajstić information content (AvgIpc) is 2.46. The van der Waals surface area contributed by atoms with Gasteiger partial charge in [-0.15, -0.1) is 0 Å². The predicted molar refractivity (Wildman–Crippen MR) is 86.0 cm³/mol. The van der Waals surface area contributed by atoms with Crippen molar-refractivity contribution < 1.29 is 9.84 Å². The van der Waals surface area contributed by atoms with Crippen LogP contribution in [0.4, 0.5) is 0 Å². The Hall–Kier alpha value is -1.80. The number of rotatable bonds is 9. The minimum atomic E-state index is -0.288. The summed E-state index contributed by atoms with van der Waals surface area (Å²) in [5.41, 5.74) is 0.373. The highest BCUT2D eigenvalue weighted by atomic mass is 16.5. The maximum atomic E-state index is 11.9. The van der Waals surface area contributed by atoms with Crippen LogP contribution in [-0.2, 0) is 11.3 Å². The van der Waals surface area contributed by atoms with Crippen molar-refractivity contribution >= 4 is 0 Å². The van der Waals surface area contributed by atoms with Gasteiger partial charge < -0.3 is 9.84 Å². The third-order valence-electron chi connectivity index (χ3n) is 3.75. The molecule has 0 aliphatic carbocycles. The second-order valence-corrected chi connectivity index (χ2v) is 5.66. The summed E-state index contributed by atoms with van der Waals surface area (Å²) in [6.45, 7) is 6.84. The zero-order valence-electron chi connectivity index (χ0n) is 13.8. The van der Waals surface area contributed by atoms with Gasteiger partial charge in [-0.25, -0.2) is 0 Å². The topological polar surface area (TPSA) is 75.2 Å². The molecule has 0 saturated heterocycles. The van der Waals surface area contributed by atoms with Crippen molar-refractivity contribution in [2.45, 2.75) is 65.5 Å². The highest BCUT2D eigenvalue weighted by molar-refractivity contribution is 5.43. The average molecular weight is 306 g/mol. The fraction of sp³-hybridized carbons (Fsp3) is 0.647. The van der Waals surface area contributed by atoms with Gasteiger partial charge in [-0.2, -0.15) is 5.26 Å². The molecule has 1 aromatic rings. The van der Waals surface area contributed by atoms with E-state index in [-0.39, 0.29) is 23.1 Å². The predicted octanol–water partition coefficient (Wildman–Crippen LogP) is 3.11. The quantitative estimate of drug-likeness (QED) is 0.711. The molecule has 0 saturated carbocycles. The normalized spacial score (nSPS) is 12.1. The molecule has 0 fully saturated rings. The molecule has 0 aromatic carbocycles. The van der Waals surface area contributed by atoms with E-state index in [9.17, 15) is 9.90 Å². The van der Waals surface area contributed by atoms with E-state index in [1.165, 1.54) is 29.9 Å². The van der Waals surface area contributed by atoms with E-state index < -0.39 is 0 Å². The van der Waals surface area contributed by atoms with Crippen LogP contribution >= 0.6 is 0 Å². The Morgan fingerprint density at radius 2 is 2.14 bits per heavy atom. The fourth-order valence-corrected chi connectivity index (χ4v) is 2.31. The monoisotopic (exact) mass is 306 g/mol. The summed E-state index contributed by atoms with van der Waals surface area (Å²) < 4.78 is 6.95. The molecule has 1 N–H and O–H groups in total. The lowest BCUT2D eigenvalue weighted by Gasteiger charge is -2.15. The number of aryl methyl sites for hydroxylation is 1. The maximum absolute atomic E-state index is 11.9. The first-order valence-electron chi connectivity index (χ1n) is 7.96. The van der Waals surface area contributed by atoms with Gasteiger partial charge in [0.1, 0.15) is 11.6 Å². The van der Waals surface area contributed by atoms with Crippen LogP contribution in [0.25, 0.3) is 0 Å². The fourth-order valence-electron chi connectivity index (χ4n) is 2.31. The molecule has 122 valence electrons. The summed E-state index contributed by atoms with van der Waals surface area (Å²) in [7, 11) is 0. The Morgan fingerprint density at radius 1 is 1.41 bits per heavy atom. The Labute approximate surface area is 132 Å². The molecule has 0 amide bonds. The third kappa shape index (κ3) is 5.19. The lowest BCUT2D eigenvalue weighted by Crippen LogP contribution is -2.23. The lowest BCUT2D eigenvalue weighted by atomic mass is 10.1. The summed E-state index contributed by atoms with van der Waals surface area (Å²) in [6.07, 6.45) is 5.28. The highest BCUT2D eigenvalue weighted by Gasteiger charge is 2.13. The van der Waals surface area contributed by atoms with Gasteiger partial charge in [-0.1, -0.05) is 26.2 Å². The van der Waals surface area contributed by atoms with Crippen LogP contribution in [0.15, 0.2) is 10.9 Å². The smallest absolute Gasteiger partial charge is 0.253 e. The van der Waals surface area contributed by atoms with Gasteiger partial charge in [0.2, 0.25) is 5.88 Å². The van der Waals surface area contributed by atoms with Crippen LogP contribution in [-0.4, -0.2) is 22.4 Å². The molecule has 5 nitrogen and oxygen atoms in total. The van der Waals surface area contributed by atoms with Gasteiger partial charge in [-0.05, 0) is 32.3 Å². The Balaban J connectivity index is 2.55. The van der Waals surface area contributed by atoms with E-state index in [2.05, 4.69) is 6.92 Å². The number of nitriles is 1. The number of hydrogen-bond donors (Lipinski definition) is 1. The maximum Gasteiger partial charge on any atom is 0.253 e. The molecular formula is C17H26N2O3. The molecule has 0 aliphatic rings. The summed E-state index contributed by atoms with van der Waals surface area (Å²) in [6, 6.07) is 3.32. The Bertz CT molecular complexity index is 572. The molecule has 1 atom stereocenters. The van der Waals surface area contributed by atoms with Crippen molar-refractivity contribution in [3.8, 4) is 11.9 Å². The summed E-state index contributed by atoms with van der Waals surface area (Å²) in [4.78, 5) is 11.9. The van der Waals surface area contributed by atoms with Crippen LogP contribution in [0.5, 0.6) is 5.88 Å². The minimum absolute atomic E-state index is 0.0137. The SMILES string of the molecule is CCCCCCOC(C)CCn1c(O)c(C#N)c(C)cc1=O. The Kier molecular flexibility index (Phi) is 7.69. The van der Waals surface area contributed by atoms with Crippen molar-refractivity contribution in [2.75, 3.05) is 6.61 Å². The first-order valence-corrected chi connectivity index (χ1v) is 7.96. The standard InChI is InChI=1S/C17H26N2O3/c1-4-5-6-7-10-22-14(3)8-9-19-16(20)11-13(2)15(12-18)17(19)21/h11,14,21H,4-10H2,1-3H3.